The highest BCUT2D eigenvalue weighted by Gasteiger charge is 2.31. The summed E-state index contributed by atoms with van der Waals surface area (Å²) >= 11 is 0. The largest absolute Gasteiger partial charge is 0.367 e. The van der Waals surface area contributed by atoms with Crippen molar-refractivity contribution in [3.63, 3.8) is 0 Å². The van der Waals surface area contributed by atoms with Crippen molar-refractivity contribution in [2.75, 3.05) is 51.2 Å². The number of anilines is 1. The van der Waals surface area contributed by atoms with Crippen LogP contribution in [0.15, 0.2) is 18.6 Å². The van der Waals surface area contributed by atoms with Crippen LogP contribution in [-0.2, 0) is 9.53 Å². The van der Waals surface area contributed by atoms with Crippen LogP contribution >= 0.6 is 0 Å². The number of likely N-dealkylation sites (tertiary alicyclic amines) is 1. The number of ether oxygens (including phenoxy) is 1. The molecule has 2 aromatic heterocycles. The SMILES string of the molecule is O=C1CO[C@H](CNc2ncnc3[nH]ccc23)CN1CC1CCN(CC2CC2)CC1. The molecule has 3 aliphatic rings. The van der Waals surface area contributed by atoms with E-state index in [1.165, 1.54) is 45.3 Å². The Morgan fingerprint density at radius 2 is 1.97 bits per heavy atom. The number of amides is 1. The highest BCUT2D eigenvalue weighted by atomic mass is 16.5. The Bertz CT molecular complexity index is 843. The van der Waals surface area contributed by atoms with Crippen LogP contribution in [-0.4, -0.2) is 82.6 Å². The lowest BCUT2D eigenvalue weighted by atomic mass is 9.95. The summed E-state index contributed by atoms with van der Waals surface area (Å²) in [6.07, 6.45) is 8.63. The van der Waals surface area contributed by atoms with Gasteiger partial charge in [-0.1, -0.05) is 0 Å². The first kappa shape index (κ1) is 18.8. The number of nitrogens with zero attached hydrogens (tertiary/aromatic N) is 4. The summed E-state index contributed by atoms with van der Waals surface area (Å²) in [6.45, 7) is 5.97. The van der Waals surface area contributed by atoms with Crippen LogP contribution in [0.3, 0.4) is 0 Å². The quantitative estimate of drug-likeness (QED) is 0.739. The Morgan fingerprint density at radius 1 is 1.14 bits per heavy atom. The molecule has 5 rings (SSSR count). The van der Waals surface area contributed by atoms with E-state index in [9.17, 15) is 4.79 Å². The molecule has 8 heteroatoms. The molecule has 1 aliphatic carbocycles. The fourth-order valence-electron chi connectivity index (χ4n) is 4.53. The number of aromatic nitrogens is 3. The normalized spacial score (nSPS) is 24.3. The molecule has 2 aliphatic heterocycles. The second-order valence-electron chi connectivity index (χ2n) is 8.76. The molecule has 2 aromatic rings. The van der Waals surface area contributed by atoms with Crippen molar-refractivity contribution < 1.29 is 9.53 Å². The summed E-state index contributed by atoms with van der Waals surface area (Å²) in [7, 11) is 0. The number of H-pyrrole nitrogens is 1. The predicted molar refractivity (Wildman–Crippen MR) is 111 cm³/mol. The van der Waals surface area contributed by atoms with Crippen LogP contribution in [0.5, 0.6) is 0 Å². The number of rotatable bonds is 7. The lowest BCUT2D eigenvalue weighted by Gasteiger charge is -2.38. The number of morpholine rings is 1. The first-order valence-corrected chi connectivity index (χ1v) is 10.9. The molecular weight excluding hydrogens is 368 g/mol. The van der Waals surface area contributed by atoms with Gasteiger partial charge in [-0.05, 0) is 56.7 Å². The Kier molecular flexibility index (Phi) is 5.37. The van der Waals surface area contributed by atoms with E-state index < -0.39 is 0 Å². The molecule has 8 nitrogen and oxygen atoms in total. The molecule has 1 atom stereocenters. The van der Waals surface area contributed by atoms with Crippen LogP contribution in [0, 0.1) is 11.8 Å². The van der Waals surface area contributed by atoms with E-state index in [0.717, 1.165) is 29.3 Å². The Morgan fingerprint density at radius 3 is 2.79 bits per heavy atom. The average molecular weight is 399 g/mol. The molecule has 0 unspecified atom stereocenters. The molecule has 1 saturated carbocycles. The third-order valence-corrected chi connectivity index (χ3v) is 6.47. The number of hydrogen-bond donors (Lipinski definition) is 2. The standard InChI is InChI=1S/C21H30N6O2/c28-19-13-29-17(9-23-21-18-3-6-22-20(18)24-14-25-21)12-27(19)11-16-4-7-26(8-5-16)10-15-1-2-15/h3,6,14-17H,1-2,4-5,7-13H2,(H2,22,23,24,25)/t17-/m1/s1. The summed E-state index contributed by atoms with van der Waals surface area (Å²) in [5, 5.41) is 4.34. The topological polar surface area (TPSA) is 86.4 Å². The molecule has 156 valence electrons. The maximum absolute atomic E-state index is 12.4. The average Bonchev–Trinajstić information content (AvgIpc) is 3.42. The number of carbonyl (C=O) groups is 1. The minimum absolute atomic E-state index is 0.0217. The lowest BCUT2D eigenvalue weighted by molar-refractivity contribution is -0.149. The number of carbonyl (C=O) groups excluding carboxylic acids is 1. The minimum Gasteiger partial charge on any atom is -0.367 e. The van der Waals surface area contributed by atoms with Crippen molar-refractivity contribution in [2.45, 2.75) is 31.8 Å². The molecule has 1 amide bonds. The van der Waals surface area contributed by atoms with E-state index in [1.807, 2.05) is 17.2 Å². The summed E-state index contributed by atoms with van der Waals surface area (Å²) in [4.78, 5) is 28.7. The molecule has 2 saturated heterocycles. The van der Waals surface area contributed by atoms with Crippen molar-refractivity contribution in [3.8, 4) is 0 Å². The van der Waals surface area contributed by atoms with E-state index in [2.05, 4.69) is 25.2 Å². The van der Waals surface area contributed by atoms with Gasteiger partial charge in [0.1, 0.15) is 24.4 Å². The molecule has 2 N–H and O–H groups in total. The van der Waals surface area contributed by atoms with Crippen LogP contribution < -0.4 is 5.32 Å². The van der Waals surface area contributed by atoms with Gasteiger partial charge in [0, 0.05) is 32.4 Å². The van der Waals surface area contributed by atoms with Gasteiger partial charge < -0.3 is 24.8 Å². The second-order valence-corrected chi connectivity index (χ2v) is 8.76. The van der Waals surface area contributed by atoms with Gasteiger partial charge >= 0.3 is 0 Å². The van der Waals surface area contributed by atoms with Crippen LogP contribution in [0.25, 0.3) is 11.0 Å². The van der Waals surface area contributed by atoms with Crippen LogP contribution in [0.4, 0.5) is 5.82 Å². The van der Waals surface area contributed by atoms with E-state index in [0.29, 0.717) is 19.0 Å². The zero-order valence-corrected chi connectivity index (χ0v) is 16.8. The first-order valence-electron chi connectivity index (χ1n) is 10.9. The Labute approximate surface area is 171 Å². The molecule has 0 bridgehead atoms. The predicted octanol–water partition coefficient (Wildman–Crippen LogP) is 1.72. The monoisotopic (exact) mass is 398 g/mol. The number of piperidine rings is 1. The lowest BCUT2D eigenvalue weighted by Crippen LogP contribution is -2.51. The van der Waals surface area contributed by atoms with E-state index >= 15 is 0 Å². The van der Waals surface area contributed by atoms with Crippen molar-refractivity contribution in [1.82, 2.24) is 24.8 Å². The third kappa shape index (κ3) is 4.53. The molecular formula is C21H30N6O2. The van der Waals surface area contributed by atoms with Gasteiger partial charge in [0.05, 0.1) is 11.5 Å². The van der Waals surface area contributed by atoms with Crippen molar-refractivity contribution in [1.29, 1.82) is 0 Å². The first-order chi connectivity index (χ1) is 14.2. The zero-order chi connectivity index (χ0) is 19.6. The van der Waals surface area contributed by atoms with E-state index in [-0.39, 0.29) is 18.6 Å². The molecule has 29 heavy (non-hydrogen) atoms. The fraction of sp³-hybridized carbons (Fsp3) is 0.667. The summed E-state index contributed by atoms with van der Waals surface area (Å²) in [5.74, 6) is 2.49. The summed E-state index contributed by atoms with van der Waals surface area (Å²) < 4.78 is 5.78. The zero-order valence-electron chi connectivity index (χ0n) is 16.8. The molecule has 3 fully saturated rings. The van der Waals surface area contributed by atoms with Gasteiger partial charge in [0.15, 0.2) is 0 Å². The fourth-order valence-corrected chi connectivity index (χ4v) is 4.53. The maximum Gasteiger partial charge on any atom is 0.248 e. The van der Waals surface area contributed by atoms with E-state index in [4.69, 9.17) is 4.74 Å². The number of fused-ring (bicyclic) bond motifs is 1. The number of hydrogen-bond acceptors (Lipinski definition) is 6. The van der Waals surface area contributed by atoms with E-state index in [1.54, 1.807) is 6.33 Å². The van der Waals surface area contributed by atoms with Crippen molar-refractivity contribution >= 4 is 22.8 Å². The second kappa shape index (κ2) is 8.28. The number of aromatic amines is 1. The molecule has 0 radical (unpaired) electrons. The highest BCUT2D eigenvalue weighted by molar-refractivity contribution is 5.86. The number of nitrogens with one attached hydrogen (secondary N) is 2. The third-order valence-electron chi connectivity index (χ3n) is 6.47. The molecule has 0 aromatic carbocycles. The van der Waals surface area contributed by atoms with Gasteiger partial charge in [-0.2, -0.15) is 0 Å². The van der Waals surface area contributed by atoms with Crippen LogP contribution in [0.1, 0.15) is 25.7 Å². The maximum atomic E-state index is 12.4. The van der Waals surface area contributed by atoms with Gasteiger partial charge in [-0.25, -0.2) is 9.97 Å². The summed E-state index contributed by atoms with van der Waals surface area (Å²) in [5.41, 5.74) is 0.817. The van der Waals surface area contributed by atoms with Crippen molar-refractivity contribution in [2.24, 2.45) is 11.8 Å². The van der Waals surface area contributed by atoms with Gasteiger partial charge in [0.25, 0.3) is 0 Å². The van der Waals surface area contributed by atoms with Gasteiger partial charge in [0.2, 0.25) is 5.91 Å². The Hall–Kier alpha value is -2.19. The van der Waals surface area contributed by atoms with Gasteiger partial charge in [-0.15, -0.1) is 0 Å². The van der Waals surface area contributed by atoms with Crippen LogP contribution in [0.2, 0.25) is 0 Å². The molecule has 0 spiro atoms. The van der Waals surface area contributed by atoms with Gasteiger partial charge in [-0.3, -0.25) is 4.79 Å². The minimum atomic E-state index is -0.0217. The summed E-state index contributed by atoms with van der Waals surface area (Å²) in [6, 6.07) is 1.96. The smallest absolute Gasteiger partial charge is 0.248 e. The molecule has 4 heterocycles. The Balaban J connectivity index is 1.11. The highest BCUT2D eigenvalue weighted by Crippen LogP contribution is 2.31. The van der Waals surface area contributed by atoms with Crippen molar-refractivity contribution in [3.05, 3.63) is 18.6 Å².